The van der Waals surface area contributed by atoms with Crippen molar-refractivity contribution in [2.24, 2.45) is 11.8 Å². The third-order valence-corrected chi connectivity index (χ3v) is 6.37. The van der Waals surface area contributed by atoms with Crippen LogP contribution >= 0.6 is 0 Å². The van der Waals surface area contributed by atoms with Crippen molar-refractivity contribution in [1.29, 1.82) is 0 Å². The van der Waals surface area contributed by atoms with Gasteiger partial charge in [-0.1, -0.05) is 12.1 Å². The van der Waals surface area contributed by atoms with Crippen molar-refractivity contribution in [3.05, 3.63) is 59.7 Å². The van der Waals surface area contributed by atoms with Gasteiger partial charge in [0, 0.05) is 24.9 Å². The molecule has 0 radical (unpaired) electrons. The number of nitrogens with zero attached hydrogens (tertiary/aromatic N) is 1. The van der Waals surface area contributed by atoms with E-state index in [1.54, 1.807) is 14.2 Å². The summed E-state index contributed by atoms with van der Waals surface area (Å²) in [5.41, 5.74) is 1.74. The summed E-state index contributed by atoms with van der Waals surface area (Å²) < 4.78 is 10.7. The Morgan fingerprint density at radius 1 is 1.00 bits per heavy atom. The number of carbonyl (C=O) groups excluding carboxylic acids is 2. The first-order valence-corrected chi connectivity index (χ1v) is 10.2. The molecule has 2 aromatic carbocycles. The van der Waals surface area contributed by atoms with Gasteiger partial charge in [-0.3, -0.25) is 9.59 Å². The molecule has 5 heteroatoms. The normalized spacial score (nSPS) is 24.0. The van der Waals surface area contributed by atoms with Crippen molar-refractivity contribution in [3.8, 4) is 11.5 Å². The van der Waals surface area contributed by atoms with Gasteiger partial charge in [0.05, 0.1) is 20.3 Å². The number of amides is 1. The van der Waals surface area contributed by atoms with E-state index in [4.69, 9.17) is 9.47 Å². The molecule has 1 amide bonds. The van der Waals surface area contributed by atoms with E-state index in [-0.39, 0.29) is 17.9 Å². The van der Waals surface area contributed by atoms with Crippen LogP contribution in [0.2, 0.25) is 0 Å². The van der Waals surface area contributed by atoms with Crippen LogP contribution in [0.4, 0.5) is 0 Å². The number of rotatable bonds is 4. The Morgan fingerprint density at radius 3 is 2.48 bits per heavy atom. The van der Waals surface area contributed by atoms with E-state index in [1.807, 2.05) is 47.4 Å². The molecule has 2 fully saturated rings. The average molecular weight is 393 g/mol. The Kier molecular flexibility index (Phi) is 5.56. The first-order chi connectivity index (χ1) is 14.1. The van der Waals surface area contributed by atoms with E-state index in [0.29, 0.717) is 36.7 Å². The van der Waals surface area contributed by atoms with Crippen molar-refractivity contribution in [2.75, 3.05) is 20.8 Å². The van der Waals surface area contributed by atoms with E-state index in [9.17, 15) is 9.59 Å². The summed E-state index contributed by atoms with van der Waals surface area (Å²) in [6.45, 7) is 0.654. The van der Waals surface area contributed by atoms with Gasteiger partial charge in [0.2, 0.25) is 0 Å². The van der Waals surface area contributed by atoms with Crippen LogP contribution in [0.3, 0.4) is 0 Å². The Morgan fingerprint density at radius 2 is 1.76 bits per heavy atom. The van der Waals surface area contributed by atoms with Gasteiger partial charge in [0.1, 0.15) is 17.3 Å². The largest absolute Gasteiger partial charge is 0.497 e. The minimum atomic E-state index is -0.0495. The minimum Gasteiger partial charge on any atom is -0.497 e. The maximum atomic E-state index is 13.5. The molecule has 3 atom stereocenters. The molecule has 1 heterocycles. The number of carbonyl (C=O) groups is 2. The molecule has 1 saturated carbocycles. The van der Waals surface area contributed by atoms with Gasteiger partial charge in [0.15, 0.2) is 0 Å². The molecule has 5 nitrogen and oxygen atoms in total. The molecule has 0 bridgehead atoms. The second-order valence-electron chi connectivity index (χ2n) is 7.94. The van der Waals surface area contributed by atoms with Gasteiger partial charge in [-0.05, 0) is 66.6 Å². The van der Waals surface area contributed by atoms with Gasteiger partial charge >= 0.3 is 0 Å². The third-order valence-electron chi connectivity index (χ3n) is 6.37. The summed E-state index contributed by atoms with van der Waals surface area (Å²) in [5.74, 6) is 2.52. The number of benzene rings is 2. The number of likely N-dealkylation sites (tertiary alicyclic amines) is 1. The highest BCUT2D eigenvalue weighted by atomic mass is 16.5. The minimum absolute atomic E-state index is 0.0239. The van der Waals surface area contributed by atoms with Crippen LogP contribution in [0.5, 0.6) is 11.5 Å². The van der Waals surface area contributed by atoms with Crippen LogP contribution in [-0.4, -0.2) is 37.4 Å². The quantitative estimate of drug-likeness (QED) is 0.778. The number of methoxy groups -OCH3 is 2. The summed E-state index contributed by atoms with van der Waals surface area (Å²) in [5, 5.41) is 0. The summed E-state index contributed by atoms with van der Waals surface area (Å²) in [4.78, 5) is 27.5. The smallest absolute Gasteiger partial charge is 0.254 e. The molecule has 3 unspecified atom stereocenters. The number of piperidine rings is 1. The molecule has 1 aliphatic heterocycles. The molecular weight excluding hydrogens is 366 g/mol. The maximum Gasteiger partial charge on any atom is 0.254 e. The van der Waals surface area contributed by atoms with E-state index in [0.717, 1.165) is 29.9 Å². The first-order valence-electron chi connectivity index (χ1n) is 10.2. The molecular formula is C24H27NO4. The van der Waals surface area contributed by atoms with Crippen LogP contribution in [0.1, 0.15) is 47.6 Å². The molecule has 0 spiro atoms. The number of hydrogen-bond donors (Lipinski definition) is 0. The Balaban J connectivity index is 1.70. The van der Waals surface area contributed by atoms with Gasteiger partial charge in [-0.25, -0.2) is 0 Å². The molecule has 1 aliphatic carbocycles. The number of Topliss-reactive ketones (excluding diaryl/α,β-unsaturated/α-hetero) is 1. The predicted molar refractivity (Wildman–Crippen MR) is 110 cm³/mol. The maximum absolute atomic E-state index is 13.5. The monoisotopic (exact) mass is 393 g/mol. The lowest BCUT2D eigenvalue weighted by atomic mass is 9.68. The Bertz CT molecular complexity index is 892. The van der Waals surface area contributed by atoms with Crippen LogP contribution in [-0.2, 0) is 4.79 Å². The van der Waals surface area contributed by atoms with E-state index in [2.05, 4.69) is 6.07 Å². The lowest BCUT2D eigenvalue weighted by molar-refractivity contribution is -0.124. The van der Waals surface area contributed by atoms with Crippen molar-refractivity contribution in [3.63, 3.8) is 0 Å². The van der Waals surface area contributed by atoms with Crippen molar-refractivity contribution < 1.29 is 19.1 Å². The molecule has 29 heavy (non-hydrogen) atoms. The fraction of sp³-hybridized carbons (Fsp3) is 0.417. The summed E-state index contributed by atoms with van der Waals surface area (Å²) >= 11 is 0. The van der Waals surface area contributed by atoms with Gasteiger partial charge in [0.25, 0.3) is 5.91 Å². The molecule has 4 rings (SSSR count). The number of fused-ring (bicyclic) bond motifs is 1. The zero-order valence-corrected chi connectivity index (χ0v) is 17.0. The Labute approximate surface area is 171 Å². The summed E-state index contributed by atoms with van der Waals surface area (Å²) in [6, 6.07) is 15.2. The predicted octanol–water partition coefficient (Wildman–Crippen LogP) is 4.28. The zero-order valence-electron chi connectivity index (χ0n) is 17.0. The highest BCUT2D eigenvalue weighted by Crippen LogP contribution is 2.46. The van der Waals surface area contributed by atoms with Crippen LogP contribution in [0.25, 0.3) is 0 Å². The second-order valence-corrected chi connectivity index (χ2v) is 7.94. The standard InChI is InChI=1S/C24H27NO4/c1-28-20-9-6-16(7-10-20)24(27)25-13-12-17-14-19(26)8-11-22(17)23(25)18-4-3-5-21(15-18)29-2/h3-7,9-10,15,17,22-23H,8,11-14H2,1-2H3. The van der Waals surface area contributed by atoms with E-state index >= 15 is 0 Å². The third kappa shape index (κ3) is 3.86. The molecule has 152 valence electrons. The summed E-state index contributed by atoms with van der Waals surface area (Å²) in [6.07, 6.45) is 2.94. The average Bonchev–Trinajstić information content (AvgIpc) is 2.77. The molecule has 0 aromatic heterocycles. The fourth-order valence-corrected chi connectivity index (χ4v) is 4.90. The second kappa shape index (κ2) is 8.27. The highest BCUT2D eigenvalue weighted by Gasteiger charge is 2.43. The number of ether oxygens (including phenoxy) is 2. The van der Waals surface area contributed by atoms with Crippen molar-refractivity contribution in [1.82, 2.24) is 4.90 Å². The van der Waals surface area contributed by atoms with Gasteiger partial charge in [-0.2, -0.15) is 0 Å². The Hall–Kier alpha value is -2.82. The molecule has 0 N–H and O–H groups in total. The topological polar surface area (TPSA) is 55.8 Å². The molecule has 2 aromatic rings. The molecule has 1 saturated heterocycles. The van der Waals surface area contributed by atoms with E-state index < -0.39 is 0 Å². The van der Waals surface area contributed by atoms with Gasteiger partial charge < -0.3 is 14.4 Å². The lowest BCUT2D eigenvalue weighted by Gasteiger charge is -2.47. The zero-order chi connectivity index (χ0) is 20.4. The SMILES string of the molecule is COc1ccc(C(=O)N2CCC3CC(=O)CCC3C2c2cccc(OC)c2)cc1. The van der Waals surface area contributed by atoms with E-state index in [1.165, 1.54) is 0 Å². The highest BCUT2D eigenvalue weighted by molar-refractivity contribution is 5.94. The lowest BCUT2D eigenvalue weighted by Crippen LogP contribution is -2.48. The van der Waals surface area contributed by atoms with Crippen LogP contribution in [0, 0.1) is 11.8 Å². The van der Waals surface area contributed by atoms with Crippen molar-refractivity contribution in [2.45, 2.75) is 31.7 Å². The number of ketones is 1. The summed E-state index contributed by atoms with van der Waals surface area (Å²) in [7, 11) is 3.27. The number of hydrogen-bond acceptors (Lipinski definition) is 4. The van der Waals surface area contributed by atoms with Crippen molar-refractivity contribution >= 4 is 11.7 Å². The molecule has 2 aliphatic rings. The van der Waals surface area contributed by atoms with Crippen LogP contribution in [0.15, 0.2) is 48.5 Å². The van der Waals surface area contributed by atoms with Crippen LogP contribution < -0.4 is 9.47 Å². The van der Waals surface area contributed by atoms with Gasteiger partial charge in [-0.15, -0.1) is 0 Å². The fourth-order valence-electron chi connectivity index (χ4n) is 4.90. The first kappa shape index (κ1) is 19.5.